The lowest BCUT2D eigenvalue weighted by Gasteiger charge is -2.08. The molecule has 2 aromatic carbocycles. The second kappa shape index (κ2) is 5.06. The lowest BCUT2D eigenvalue weighted by Crippen LogP contribution is -2.15. The summed E-state index contributed by atoms with van der Waals surface area (Å²) < 4.78 is 27.1. The molecule has 5 heteroatoms. The van der Waals surface area contributed by atoms with Crippen molar-refractivity contribution in [3.8, 4) is 0 Å². The number of nitrogens with one attached hydrogen (secondary N) is 1. The quantitative estimate of drug-likeness (QED) is 0.817. The molecule has 0 fully saturated rings. The minimum absolute atomic E-state index is 0.00238. The van der Waals surface area contributed by atoms with E-state index in [2.05, 4.69) is 5.32 Å². The highest BCUT2D eigenvalue weighted by atomic mass is 19.1. The molecule has 0 aromatic heterocycles. The average molecular weight is 262 g/mol. The van der Waals surface area contributed by atoms with Crippen LogP contribution in [0.1, 0.15) is 15.9 Å². The van der Waals surface area contributed by atoms with Crippen molar-refractivity contribution in [3.63, 3.8) is 0 Å². The smallest absolute Gasteiger partial charge is 0.258 e. The van der Waals surface area contributed by atoms with Crippen molar-refractivity contribution >= 4 is 17.3 Å². The van der Waals surface area contributed by atoms with Crippen LogP contribution in [0, 0.1) is 18.6 Å². The molecule has 0 heterocycles. The van der Waals surface area contributed by atoms with Gasteiger partial charge in [0.2, 0.25) is 0 Å². The predicted octanol–water partition coefficient (Wildman–Crippen LogP) is 3.11. The number of aryl methyl sites for hydroxylation is 1. The third kappa shape index (κ3) is 2.88. The minimum Gasteiger partial charge on any atom is -0.399 e. The van der Waals surface area contributed by atoms with E-state index in [0.29, 0.717) is 0 Å². The number of amides is 1. The summed E-state index contributed by atoms with van der Waals surface area (Å²) in [6.07, 6.45) is 0. The summed E-state index contributed by atoms with van der Waals surface area (Å²) in [5.74, 6) is -2.02. The summed E-state index contributed by atoms with van der Waals surface area (Å²) >= 11 is 0. The van der Waals surface area contributed by atoms with E-state index in [1.807, 2.05) is 0 Å². The first-order chi connectivity index (χ1) is 8.97. The maximum absolute atomic E-state index is 13.6. The van der Waals surface area contributed by atoms with Gasteiger partial charge in [0, 0.05) is 5.69 Å². The number of rotatable bonds is 2. The Morgan fingerprint density at radius 2 is 1.84 bits per heavy atom. The van der Waals surface area contributed by atoms with E-state index in [9.17, 15) is 13.6 Å². The fraction of sp³-hybridized carbons (Fsp3) is 0.0714. The van der Waals surface area contributed by atoms with Crippen LogP contribution < -0.4 is 11.1 Å². The second-order valence-corrected chi connectivity index (χ2v) is 4.18. The fourth-order valence-corrected chi connectivity index (χ4v) is 1.63. The third-order valence-corrected chi connectivity index (χ3v) is 2.61. The van der Waals surface area contributed by atoms with Crippen LogP contribution >= 0.6 is 0 Å². The Bertz CT molecular complexity index is 641. The monoisotopic (exact) mass is 262 g/mol. The maximum Gasteiger partial charge on any atom is 0.258 e. The Morgan fingerprint density at radius 1 is 1.11 bits per heavy atom. The molecule has 0 spiro atoms. The van der Waals surface area contributed by atoms with Gasteiger partial charge in [0.25, 0.3) is 5.91 Å². The molecule has 98 valence electrons. The molecule has 0 aliphatic carbocycles. The third-order valence-electron chi connectivity index (χ3n) is 2.61. The summed E-state index contributed by atoms with van der Waals surface area (Å²) in [7, 11) is 0. The summed E-state index contributed by atoms with van der Waals surface area (Å²) in [6.45, 7) is 1.73. The molecule has 0 bridgehead atoms. The first-order valence-electron chi connectivity index (χ1n) is 5.60. The molecule has 0 saturated heterocycles. The Kier molecular flexibility index (Phi) is 3.46. The van der Waals surface area contributed by atoms with Crippen LogP contribution in [0.2, 0.25) is 0 Å². The van der Waals surface area contributed by atoms with Gasteiger partial charge in [0.1, 0.15) is 11.6 Å². The topological polar surface area (TPSA) is 55.1 Å². The van der Waals surface area contributed by atoms with Gasteiger partial charge < -0.3 is 11.1 Å². The van der Waals surface area contributed by atoms with Crippen LogP contribution in [0.25, 0.3) is 0 Å². The van der Waals surface area contributed by atoms with Gasteiger partial charge in [-0.25, -0.2) is 8.78 Å². The van der Waals surface area contributed by atoms with Gasteiger partial charge in [-0.15, -0.1) is 0 Å². The molecule has 19 heavy (non-hydrogen) atoms. The highest BCUT2D eigenvalue weighted by Gasteiger charge is 2.14. The number of anilines is 2. The molecule has 0 radical (unpaired) electrons. The number of halogens is 2. The van der Waals surface area contributed by atoms with E-state index in [1.165, 1.54) is 24.3 Å². The number of benzene rings is 2. The van der Waals surface area contributed by atoms with Gasteiger partial charge in [-0.2, -0.15) is 0 Å². The Labute approximate surface area is 109 Å². The van der Waals surface area contributed by atoms with E-state index < -0.39 is 17.5 Å². The zero-order valence-corrected chi connectivity index (χ0v) is 10.2. The van der Waals surface area contributed by atoms with Crippen molar-refractivity contribution in [2.45, 2.75) is 6.92 Å². The Morgan fingerprint density at radius 3 is 2.53 bits per heavy atom. The zero-order valence-electron chi connectivity index (χ0n) is 10.2. The van der Waals surface area contributed by atoms with Crippen LogP contribution in [0.15, 0.2) is 36.4 Å². The van der Waals surface area contributed by atoms with Crippen molar-refractivity contribution in [2.75, 3.05) is 11.1 Å². The van der Waals surface area contributed by atoms with Gasteiger partial charge in [-0.1, -0.05) is 6.07 Å². The summed E-state index contributed by atoms with van der Waals surface area (Å²) in [6, 6.07) is 8.00. The van der Waals surface area contributed by atoms with E-state index in [1.54, 1.807) is 13.0 Å². The van der Waals surface area contributed by atoms with Gasteiger partial charge in [-0.3, -0.25) is 4.79 Å². The summed E-state index contributed by atoms with van der Waals surface area (Å²) in [4.78, 5) is 11.9. The normalized spacial score (nSPS) is 10.3. The van der Waals surface area contributed by atoms with E-state index in [4.69, 9.17) is 5.73 Å². The van der Waals surface area contributed by atoms with Crippen LogP contribution in [0.3, 0.4) is 0 Å². The zero-order chi connectivity index (χ0) is 14.0. The summed E-state index contributed by atoms with van der Waals surface area (Å²) in [5.41, 5.74) is 6.25. The van der Waals surface area contributed by atoms with Crippen molar-refractivity contribution in [2.24, 2.45) is 0 Å². The number of hydrogen-bond donors (Lipinski definition) is 2. The largest absolute Gasteiger partial charge is 0.399 e. The van der Waals surface area contributed by atoms with Crippen LogP contribution in [0.5, 0.6) is 0 Å². The average Bonchev–Trinajstić information content (AvgIpc) is 2.35. The molecule has 0 aliphatic heterocycles. The SMILES string of the molecule is Cc1ccc(NC(=O)c2cc(N)ccc2F)c(F)c1. The molecule has 2 rings (SSSR count). The van der Waals surface area contributed by atoms with Crippen molar-refractivity contribution in [1.29, 1.82) is 0 Å². The van der Waals surface area contributed by atoms with Gasteiger partial charge in [-0.05, 0) is 42.8 Å². The molecule has 0 aliphatic rings. The van der Waals surface area contributed by atoms with Crippen LogP contribution in [-0.2, 0) is 0 Å². The number of nitrogen functional groups attached to an aromatic ring is 1. The first kappa shape index (κ1) is 13.0. The first-order valence-corrected chi connectivity index (χ1v) is 5.60. The molecule has 0 atom stereocenters. The number of carbonyl (C=O) groups excluding carboxylic acids is 1. The molecule has 3 N–H and O–H groups in total. The molecular weight excluding hydrogens is 250 g/mol. The number of carbonyl (C=O) groups is 1. The maximum atomic E-state index is 13.6. The van der Waals surface area contributed by atoms with Crippen molar-refractivity contribution in [1.82, 2.24) is 0 Å². The predicted molar refractivity (Wildman–Crippen MR) is 69.9 cm³/mol. The highest BCUT2D eigenvalue weighted by molar-refractivity contribution is 6.05. The molecular formula is C14H12F2N2O. The van der Waals surface area contributed by atoms with Crippen LogP contribution in [-0.4, -0.2) is 5.91 Å². The summed E-state index contributed by atoms with van der Waals surface area (Å²) in [5, 5.41) is 2.31. The molecule has 3 nitrogen and oxygen atoms in total. The minimum atomic E-state index is -0.743. The van der Waals surface area contributed by atoms with E-state index in [-0.39, 0.29) is 16.9 Å². The highest BCUT2D eigenvalue weighted by Crippen LogP contribution is 2.18. The van der Waals surface area contributed by atoms with Gasteiger partial charge in [0.15, 0.2) is 0 Å². The standard InChI is InChI=1S/C14H12F2N2O/c1-8-2-5-13(12(16)6-8)18-14(19)10-7-9(17)3-4-11(10)15/h2-7H,17H2,1H3,(H,18,19). The Balaban J connectivity index is 2.28. The fourth-order valence-electron chi connectivity index (χ4n) is 1.63. The molecule has 1 amide bonds. The van der Waals surface area contributed by atoms with Gasteiger partial charge >= 0.3 is 0 Å². The van der Waals surface area contributed by atoms with E-state index in [0.717, 1.165) is 11.6 Å². The van der Waals surface area contributed by atoms with Crippen molar-refractivity contribution < 1.29 is 13.6 Å². The lowest BCUT2D eigenvalue weighted by molar-refractivity contribution is 0.102. The number of hydrogen-bond acceptors (Lipinski definition) is 2. The lowest BCUT2D eigenvalue weighted by atomic mass is 10.1. The molecule has 0 saturated carbocycles. The van der Waals surface area contributed by atoms with Gasteiger partial charge in [0.05, 0.1) is 11.3 Å². The molecule has 0 unspecified atom stereocenters. The van der Waals surface area contributed by atoms with E-state index >= 15 is 0 Å². The second-order valence-electron chi connectivity index (χ2n) is 4.18. The Hall–Kier alpha value is -2.43. The molecule has 2 aromatic rings. The van der Waals surface area contributed by atoms with Crippen LogP contribution in [0.4, 0.5) is 20.2 Å². The number of nitrogens with two attached hydrogens (primary N) is 1. The van der Waals surface area contributed by atoms with Crippen molar-refractivity contribution in [3.05, 3.63) is 59.2 Å².